The van der Waals surface area contributed by atoms with Gasteiger partial charge in [0.2, 0.25) is 0 Å². The molecule has 0 aliphatic carbocycles. The van der Waals surface area contributed by atoms with Crippen molar-refractivity contribution < 1.29 is 17.7 Å². The van der Waals surface area contributed by atoms with Gasteiger partial charge in [0.05, 0.1) is 18.5 Å². The smallest absolute Gasteiger partial charge is 0.264 e. The van der Waals surface area contributed by atoms with Gasteiger partial charge in [0, 0.05) is 20.7 Å². The monoisotopic (exact) mass is 671 g/mol. The maximum atomic E-state index is 11.2. The fourth-order valence-electron chi connectivity index (χ4n) is 4.67. The second-order valence-electron chi connectivity index (χ2n) is 12.6. The van der Waals surface area contributed by atoms with Crippen molar-refractivity contribution in [2.24, 2.45) is 23.5 Å². The van der Waals surface area contributed by atoms with E-state index in [0.717, 1.165) is 70.0 Å². The maximum absolute atomic E-state index is 11.2. The van der Waals surface area contributed by atoms with Crippen molar-refractivity contribution in [2.45, 2.75) is 118 Å². The molecule has 9 heteroatoms. The third-order valence-corrected chi connectivity index (χ3v) is 9.93. The zero-order chi connectivity index (χ0) is 32.3. The quantitative estimate of drug-likeness (QED) is 0.140. The van der Waals surface area contributed by atoms with E-state index in [1.165, 1.54) is 14.6 Å². The number of hydrogen-bond donors (Lipinski definition) is 2. The van der Waals surface area contributed by atoms with Gasteiger partial charge in [-0.15, -0.1) is 34.0 Å². The Labute approximate surface area is 275 Å². The summed E-state index contributed by atoms with van der Waals surface area (Å²) in [5.74, 6) is 1.75. The average Bonchev–Trinajstić information content (AvgIpc) is 3.68. The molecule has 3 unspecified atom stereocenters. The molecule has 0 saturated carbocycles. The van der Waals surface area contributed by atoms with Crippen LogP contribution in [0, 0.1) is 17.8 Å². The van der Waals surface area contributed by atoms with Crippen molar-refractivity contribution >= 4 is 44.1 Å². The highest BCUT2D eigenvalue weighted by Gasteiger charge is 2.17. The molecule has 3 atom stereocenters. The Kier molecular flexibility index (Phi) is 20.8. The van der Waals surface area contributed by atoms with Crippen molar-refractivity contribution in [1.29, 1.82) is 0 Å². The molecule has 0 amide bonds. The normalized spacial score (nSPS) is 13.8. The molecular formula is C34H57NO4S4. The van der Waals surface area contributed by atoms with E-state index in [9.17, 15) is 13.5 Å². The third kappa shape index (κ3) is 23.0. The lowest BCUT2D eigenvalue weighted by molar-refractivity contribution is 0.140. The van der Waals surface area contributed by atoms with E-state index in [0.29, 0.717) is 17.9 Å². The van der Waals surface area contributed by atoms with Crippen molar-refractivity contribution in [2.75, 3.05) is 6.26 Å². The van der Waals surface area contributed by atoms with E-state index in [1.54, 1.807) is 22.7 Å². The lowest BCUT2D eigenvalue weighted by atomic mass is 10.0. The van der Waals surface area contributed by atoms with Crippen LogP contribution in [0.1, 0.15) is 94.7 Å². The Morgan fingerprint density at radius 2 is 1.12 bits per heavy atom. The van der Waals surface area contributed by atoms with Crippen LogP contribution >= 0.6 is 34.0 Å². The van der Waals surface area contributed by atoms with Gasteiger partial charge in [-0.2, -0.15) is 8.42 Å². The second-order valence-corrected chi connectivity index (χ2v) is 17.3. The van der Waals surface area contributed by atoms with Crippen molar-refractivity contribution in [3.05, 3.63) is 67.2 Å². The SMILES string of the molecule is CC(C)CC(CCc1cccs1)OS(C)(=O)=O.CC(C)CC(N)CCc1cccs1.CC(C)CC(O)CCc1cccs1. The van der Waals surface area contributed by atoms with E-state index in [4.69, 9.17) is 9.92 Å². The van der Waals surface area contributed by atoms with Crippen LogP contribution in [0.25, 0.3) is 0 Å². The molecule has 5 nitrogen and oxygen atoms in total. The predicted octanol–water partition coefficient (Wildman–Crippen LogP) is 9.21. The Morgan fingerprint density at radius 1 is 0.698 bits per heavy atom. The molecule has 0 spiro atoms. The molecule has 0 aliphatic heterocycles. The van der Waals surface area contributed by atoms with E-state index >= 15 is 0 Å². The minimum absolute atomic E-state index is 0.123. The first-order valence-corrected chi connectivity index (χ1v) is 20.1. The molecule has 3 rings (SSSR count). The zero-order valence-electron chi connectivity index (χ0n) is 27.4. The summed E-state index contributed by atoms with van der Waals surface area (Å²) in [4.78, 5) is 4.11. The Hall–Kier alpha value is -1.07. The van der Waals surface area contributed by atoms with E-state index < -0.39 is 10.1 Å². The Morgan fingerprint density at radius 3 is 1.49 bits per heavy atom. The van der Waals surface area contributed by atoms with Crippen LogP contribution in [0.4, 0.5) is 0 Å². The Bertz CT molecular complexity index is 1080. The van der Waals surface area contributed by atoms with Crippen molar-refractivity contribution in [3.63, 3.8) is 0 Å². The summed E-state index contributed by atoms with van der Waals surface area (Å²) >= 11 is 5.30. The highest BCUT2D eigenvalue weighted by Crippen LogP contribution is 2.19. The fraction of sp³-hybridized carbons (Fsp3) is 0.647. The van der Waals surface area contributed by atoms with Gasteiger partial charge in [-0.25, -0.2) is 0 Å². The molecule has 43 heavy (non-hydrogen) atoms. The lowest BCUT2D eigenvalue weighted by Gasteiger charge is -2.17. The number of aryl methyl sites for hydroxylation is 3. The molecule has 0 saturated heterocycles. The molecule has 3 N–H and O–H groups in total. The molecule has 0 aromatic carbocycles. The molecule has 3 aromatic rings. The van der Waals surface area contributed by atoms with Crippen LogP contribution in [-0.2, 0) is 33.6 Å². The average molecular weight is 672 g/mol. The third-order valence-electron chi connectivity index (χ3n) is 6.50. The van der Waals surface area contributed by atoms with E-state index in [2.05, 4.69) is 82.6 Å². The van der Waals surface area contributed by atoms with Crippen LogP contribution in [0.5, 0.6) is 0 Å². The number of rotatable bonds is 17. The predicted molar refractivity (Wildman–Crippen MR) is 190 cm³/mol. The van der Waals surface area contributed by atoms with Gasteiger partial charge >= 0.3 is 0 Å². The molecule has 0 aliphatic rings. The zero-order valence-corrected chi connectivity index (χ0v) is 30.7. The number of aliphatic hydroxyl groups is 1. The van der Waals surface area contributed by atoms with Gasteiger partial charge in [-0.05, 0) is 110 Å². The number of thiophene rings is 3. The standard InChI is InChI=1S/C12H20O3S2.C11H19NS.C11H18OS/c1-10(2)9-11(15-17(3,13)14)6-7-12-5-4-8-16-12;2*1-9(2)8-10(12)5-6-11-4-3-7-13-11/h4-5,8,10-11H,6-7,9H2,1-3H3;3-4,7,9-10H,5-6,8,12H2,1-2H3;3-4,7,9-10,12H,5-6,8H2,1-2H3. The lowest BCUT2D eigenvalue weighted by Crippen LogP contribution is -2.22. The van der Waals surface area contributed by atoms with Crippen LogP contribution in [0.2, 0.25) is 0 Å². The van der Waals surface area contributed by atoms with Crippen LogP contribution in [0.3, 0.4) is 0 Å². The van der Waals surface area contributed by atoms with Gasteiger partial charge in [0.1, 0.15) is 0 Å². The Balaban J connectivity index is 0.000000327. The van der Waals surface area contributed by atoms with Gasteiger partial charge in [0.15, 0.2) is 0 Å². The van der Waals surface area contributed by atoms with Gasteiger partial charge in [-0.3, -0.25) is 4.18 Å². The summed E-state index contributed by atoms with van der Waals surface area (Å²) in [5, 5.41) is 15.9. The number of nitrogens with two attached hydrogens (primary N) is 1. The molecule has 0 fully saturated rings. The topological polar surface area (TPSA) is 89.6 Å². The molecular weight excluding hydrogens is 615 g/mol. The minimum Gasteiger partial charge on any atom is -0.393 e. The second kappa shape index (κ2) is 22.4. The highest BCUT2D eigenvalue weighted by atomic mass is 32.2. The summed E-state index contributed by atoms with van der Waals surface area (Å²) < 4.78 is 27.5. The fourth-order valence-corrected chi connectivity index (χ4v) is 7.51. The summed E-state index contributed by atoms with van der Waals surface area (Å²) in [7, 11) is -3.36. The first kappa shape index (κ1) is 40.0. The summed E-state index contributed by atoms with van der Waals surface area (Å²) in [6, 6.07) is 12.9. The van der Waals surface area contributed by atoms with Crippen molar-refractivity contribution in [3.8, 4) is 0 Å². The largest absolute Gasteiger partial charge is 0.393 e. The van der Waals surface area contributed by atoms with Crippen LogP contribution in [0.15, 0.2) is 52.5 Å². The minimum atomic E-state index is -3.36. The summed E-state index contributed by atoms with van der Waals surface area (Å²) in [6.07, 6.45) is 9.46. The number of aliphatic hydroxyl groups excluding tert-OH is 1. The molecule has 246 valence electrons. The van der Waals surface area contributed by atoms with Crippen molar-refractivity contribution in [1.82, 2.24) is 0 Å². The van der Waals surface area contributed by atoms with E-state index in [-0.39, 0.29) is 12.2 Å². The highest BCUT2D eigenvalue weighted by molar-refractivity contribution is 7.86. The molecule has 0 radical (unpaired) electrons. The van der Waals surface area contributed by atoms with Gasteiger partial charge in [-0.1, -0.05) is 59.7 Å². The first-order chi connectivity index (χ1) is 20.2. The first-order valence-electron chi connectivity index (χ1n) is 15.6. The maximum Gasteiger partial charge on any atom is 0.264 e. The molecule has 3 heterocycles. The summed E-state index contributed by atoms with van der Waals surface area (Å²) in [6.45, 7) is 12.9. The summed E-state index contributed by atoms with van der Waals surface area (Å²) in [5.41, 5.74) is 6.00. The molecule has 0 bridgehead atoms. The van der Waals surface area contributed by atoms with Gasteiger partial charge < -0.3 is 10.8 Å². The van der Waals surface area contributed by atoms with Crippen LogP contribution in [-0.4, -0.2) is 38.0 Å². The van der Waals surface area contributed by atoms with E-state index in [1.807, 2.05) is 22.8 Å². The number of hydrogen-bond acceptors (Lipinski definition) is 8. The van der Waals surface area contributed by atoms with Crippen LogP contribution < -0.4 is 5.73 Å². The van der Waals surface area contributed by atoms with Gasteiger partial charge in [0.25, 0.3) is 10.1 Å². The molecule has 3 aromatic heterocycles.